The number of nitrogens with one attached hydrogen (secondary N) is 3. The van der Waals surface area contributed by atoms with Crippen molar-refractivity contribution in [2.24, 2.45) is 0 Å². The highest BCUT2D eigenvalue weighted by atomic mass is 35.5. The summed E-state index contributed by atoms with van der Waals surface area (Å²) in [6, 6.07) is 14.5. The maximum Gasteiger partial charge on any atom is 0.261 e. The fraction of sp³-hybridized carbons (Fsp3) is 0.280. The summed E-state index contributed by atoms with van der Waals surface area (Å²) < 4.78 is 2.21. The number of rotatable bonds is 10. The Morgan fingerprint density at radius 2 is 1.94 bits per heavy atom. The number of carbonyl (C=O) groups excluding carboxylic acids is 1. The Morgan fingerprint density at radius 3 is 2.67 bits per heavy atom. The van der Waals surface area contributed by atoms with Gasteiger partial charge < -0.3 is 20.5 Å². The van der Waals surface area contributed by atoms with Gasteiger partial charge in [-0.15, -0.1) is 16.9 Å². The predicted octanol–water partition coefficient (Wildman–Crippen LogP) is 3.04. The average molecular weight is 528 g/mol. The summed E-state index contributed by atoms with van der Waals surface area (Å²) in [5.74, 6) is -0.174. The van der Waals surface area contributed by atoms with E-state index >= 15 is 0 Å². The number of amides is 1. The quantitative estimate of drug-likeness (QED) is 0.374. The minimum atomic E-state index is -0.174. The number of benzene rings is 1. The van der Waals surface area contributed by atoms with Gasteiger partial charge in [-0.05, 0) is 63.5 Å². The van der Waals surface area contributed by atoms with Crippen molar-refractivity contribution in [2.45, 2.75) is 6.42 Å². The molecule has 190 valence electrons. The Labute approximate surface area is 219 Å². The highest BCUT2D eigenvalue weighted by Crippen LogP contribution is 2.31. The molecule has 1 aromatic carbocycles. The van der Waals surface area contributed by atoms with E-state index < -0.39 is 0 Å². The molecule has 2 aromatic heterocycles. The van der Waals surface area contributed by atoms with Crippen LogP contribution in [0.1, 0.15) is 16.1 Å². The molecular weight excluding hydrogens is 498 g/mol. The first-order chi connectivity index (χ1) is 17.3. The van der Waals surface area contributed by atoms with Gasteiger partial charge in [0.15, 0.2) is 0 Å². The van der Waals surface area contributed by atoms with Crippen molar-refractivity contribution in [3.63, 3.8) is 0 Å². The molecule has 0 aliphatic carbocycles. The average Bonchev–Trinajstić information content (AvgIpc) is 3.51. The summed E-state index contributed by atoms with van der Waals surface area (Å²) in [5.41, 5.74) is 9.64. The van der Waals surface area contributed by atoms with Crippen LogP contribution in [0.5, 0.6) is 0 Å². The van der Waals surface area contributed by atoms with E-state index in [0.717, 1.165) is 42.3 Å². The van der Waals surface area contributed by atoms with Gasteiger partial charge in [-0.2, -0.15) is 0 Å². The summed E-state index contributed by atoms with van der Waals surface area (Å²) in [6.07, 6.45) is 4.66. The van der Waals surface area contributed by atoms with Crippen LogP contribution in [0.2, 0.25) is 4.34 Å². The second-order valence-electron chi connectivity index (χ2n) is 8.71. The van der Waals surface area contributed by atoms with E-state index in [4.69, 9.17) is 11.6 Å². The van der Waals surface area contributed by atoms with Crippen molar-refractivity contribution in [3.05, 3.63) is 86.2 Å². The zero-order valence-corrected chi connectivity index (χ0v) is 22.1. The van der Waals surface area contributed by atoms with Crippen LogP contribution >= 0.6 is 22.9 Å². The third-order valence-electron chi connectivity index (χ3n) is 5.69. The zero-order chi connectivity index (χ0) is 25.7. The number of carbonyl (C=O) groups is 1. The van der Waals surface area contributed by atoms with Crippen molar-refractivity contribution >= 4 is 40.2 Å². The van der Waals surface area contributed by atoms with Crippen molar-refractivity contribution in [2.75, 3.05) is 50.7 Å². The van der Waals surface area contributed by atoms with E-state index in [-0.39, 0.29) is 11.5 Å². The Bertz CT molecular complexity index is 1300. The van der Waals surface area contributed by atoms with Gasteiger partial charge in [0, 0.05) is 32.1 Å². The van der Waals surface area contributed by atoms with Gasteiger partial charge in [0.25, 0.3) is 11.5 Å². The number of hydrazine groups is 2. The number of aromatic nitrogens is 1. The summed E-state index contributed by atoms with van der Waals surface area (Å²) in [4.78, 5) is 29.7. The van der Waals surface area contributed by atoms with Gasteiger partial charge in [-0.3, -0.25) is 19.2 Å². The number of nitrogens with zero attached hydrogens (tertiary/aromatic N) is 4. The van der Waals surface area contributed by atoms with E-state index in [9.17, 15) is 9.59 Å². The lowest BCUT2D eigenvalue weighted by Gasteiger charge is -2.27. The molecule has 1 aliphatic heterocycles. The van der Waals surface area contributed by atoms with E-state index in [2.05, 4.69) is 40.2 Å². The predicted molar refractivity (Wildman–Crippen MR) is 147 cm³/mol. The standard InChI is InChI=1S/C25H30ClN7O2S/c1-30(2)12-6-13-31(3)21-15-19(32-14-5-4-7-24(32)34)8-9-20(21)33-17-18(28-29-33)16-27-25(35)22-10-11-23(26)36-22/h4-5,7-11,14-15,17,28-29H,6,12-13,16H2,1-3H3,(H,27,35). The van der Waals surface area contributed by atoms with Crippen LogP contribution in [0.15, 0.2) is 71.4 Å². The summed E-state index contributed by atoms with van der Waals surface area (Å²) in [6.45, 7) is 2.14. The van der Waals surface area contributed by atoms with Gasteiger partial charge in [0.1, 0.15) is 0 Å². The van der Waals surface area contributed by atoms with Crippen LogP contribution in [-0.2, 0) is 0 Å². The van der Waals surface area contributed by atoms with Crippen LogP contribution in [0, 0.1) is 0 Å². The summed E-state index contributed by atoms with van der Waals surface area (Å²) in [7, 11) is 6.17. The smallest absolute Gasteiger partial charge is 0.261 e. The number of hydrogen-bond acceptors (Lipinski definition) is 8. The SMILES string of the molecule is CN(C)CCCN(C)c1cc(-n2ccccc2=O)ccc1N1C=C(CNC(=O)c2ccc(Cl)s2)NN1. The third-order valence-corrected chi connectivity index (χ3v) is 6.92. The largest absolute Gasteiger partial charge is 0.373 e. The van der Waals surface area contributed by atoms with Gasteiger partial charge in [0.2, 0.25) is 0 Å². The lowest BCUT2D eigenvalue weighted by atomic mass is 10.2. The fourth-order valence-corrected chi connectivity index (χ4v) is 4.79. The topological polar surface area (TPSA) is 84.9 Å². The van der Waals surface area contributed by atoms with Crippen molar-refractivity contribution in [1.29, 1.82) is 0 Å². The minimum absolute atomic E-state index is 0.0858. The first kappa shape index (κ1) is 25.8. The number of halogens is 1. The highest BCUT2D eigenvalue weighted by Gasteiger charge is 2.20. The second-order valence-corrected chi connectivity index (χ2v) is 10.4. The molecule has 0 saturated heterocycles. The molecular formula is C25H30ClN7O2S. The molecule has 3 heterocycles. The first-order valence-electron chi connectivity index (χ1n) is 11.5. The second kappa shape index (κ2) is 11.6. The molecule has 0 radical (unpaired) electrons. The Balaban J connectivity index is 1.55. The van der Waals surface area contributed by atoms with Gasteiger partial charge >= 0.3 is 0 Å². The van der Waals surface area contributed by atoms with Crippen molar-refractivity contribution in [3.8, 4) is 5.69 Å². The van der Waals surface area contributed by atoms with Crippen molar-refractivity contribution < 1.29 is 4.79 Å². The molecule has 0 spiro atoms. The van der Waals surface area contributed by atoms with Gasteiger partial charge in [0.05, 0.1) is 38.5 Å². The fourth-order valence-electron chi connectivity index (χ4n) is 3.83. The zero-order valence-electron chi connectivity index (χ0n) is 20.5. The first-order valence-corrected chi connectivity index (χ1v) is 12.7. The number of thiophene rings is 1. The number of pyridine rings is 1. The van der Waals surface area contributed by atoms with Crippen LogP contribution in [0.3, 0.4) is 0 Å². The minimum Gasteiger partial charge on any atom is -0.373 e. The molecule has 9 nitrogen and oxygen atoms in total. The van der Waals surface area contributed by atoms with Crippen LogP contribution in [0.4, 0.5) is 11.4 Å². The Hall–Kier alpha value is -3.31. The molecule has 0 fully saturated rings. The number of hydrogen-bond donors (Lipinski definition) is 3. The van der Waals surface area contributed by atoms with Crippen LogP contribution < -0.4 is 31.7 Å². The van der Waals surface area contributed by atoms with Crippen LogP contribution in [-0.4, -0.2) is 56.2 Å². The Kier molecular flexibility index (Phi) is 8.32. The summed E-state index contributed by atoms with van der Waals surface area (Å²) in [5, 5.41) is 4.78. The number of anilines is 2. The molecule has 1 aliphatic rings. The third kappa shape index (κ3) is 6.27. The van der Waals surface area contributed by atoms with Gasteiger partial charge in [-0.1, -0.05) is 17.7 Å². The van der Waals surface area contributed by atoms with E-state index in [1.165, 1.54) is 11.3 Å². The molecule has 3 aromatic rings. The van der Waals surface area contributed by atoms with Crippen LogP contribution in [0.25, 0.3) is 5.69 Å². The van der Waals surface area contributed by atoms with E-state index in [0.29, 0.717) is 15.8 Å². The molecule has 11 heteroatoms. The normalized spacial score (nSPS) is 13.0. The molecule has 4 rings (SSSR count). The molecule has 3 N–H and O–H groups in total. The van der Waals surface area contributed by atoms with E-state index in [1.807, 2.05) is 42.5 Å². The molecule has 0 atom stereocenters. The summed E-state index contributed by atoms with van der Waals surface area (Å²) >= 11 is 7.18. The highest BCUT2D eigenvalue weighted by molar-refractivity contribution is 7.18. The van der Waals surface area contributed by atoms with Crippen molar-refractivity contribution in [1.82, 2.24) is 25.7 Å². The molecule has 0 bridgehead atoms. The molecule has 0 unspecified atom stereocenters. The van der Waals surface area contributed by atoms with E-state index in [1.54, 1.807) is 35.0 Å². The maximum atomic E-state index is 12.4. The lowest BCUT2D eigenvalue weighted by Crippen LogP contribution is -2.39. The Morgan fingerprint density at radius 1 is 1.11 bits per heavy atom. The molecule has 0 saturated carbocycles. The molecule has 36 heavy (non-hydrogen) atoms. The monoisotopic (exact) mass is 527 g/mol. The lowest BCUT2D eigenvalue weighted by molar-refractivity contribution is 0.0960. The maximum absolute atomic E-state index is 12.4. The van der Waals surface area contributed by atoms with Gasteiger partial charge in [-0.25, -0.2) is 0 Å². The molecule has 1 amide bonds.